The molecule has 0 saturated carbocycles. The maximum atomic E-state index is 5.51. The van der Waals surface area contributed by atoms with Gasteiger partial charge >= 0.3 is 0 Å². The lowest BCUT2D eigenvalue weighted by molar-refractivity contribution is 0.317. The Kier molecular flexibility index (Phi) is 11.9. The molecule has 1 N–H and O–H groups in total. The van der Waals surface area contributed by atoms with E-state index >= 15 is 0 Å². The molecule has 1 rings (SSSR count). The smallest absolute Gasteiger partial charge is 0.126 e. The van der Waals surface area contributed by atoms with E-state index in [0.717, 1.165) is 30.9 Å². The average Bonchev–Trinajstić information content (AvgIpc) is 2.51. The van der Waals surface area contributed by atoms with Gasteiger partial charge in [-0.25, -0.2) is 0 Å². The Balaban J connectivity index is 0.000000396. The zero-order valence-corrected chi connectivity index (χ0v) is 13.6. The van der Waals surface area contributed by atoms with E-state index in [2.05, 4.69) is 39.6 Å². The summed E-state index contributed by atoms with van der Waals surface area (Å²) >= 11 is 0. The number of rotatable bonds is 8. The molecule has 0 aromatic heterocycles. The number of ether oxygens (including phenoxy) is 1. The number of para-hydroxylation sites is 1. The summed E-state index contributed by atoms with van der Waals surface area (Å²) < 4.78 is 5.51. The van der Waals surface area contributed by atoms with Gasteiger partial charge in [0.2, 0.25) is 0 Å². The van der Waals surface area contributed by atoms with Crippen LogP contribution < -0.4 is 10.1 Å². The summed E-state index contributed by atoms with van der Waals surface area (Å²) in [6.07, 6.45) is 5.32. The van der Waals surface area contributed by atoms with Gasteiger partial charge in [0.25, 0.3) is 0 Å². The molecule has 0 heterocycles. The molecule has 1 aromatic rings. The first kappa shape index (κ1) is 18.7. The van der Waals surface area contributed by atoms with Crippen molar-refractivity contribution < 1.29 is 4.74 Å². The topological polar surface area (TPSA) is 21.3 Å². The van der Waals surface area contributed by atoms with Gasteiger partial charge in [0.05, 0.1) is 6.61 Å². The number of nitrogens with one attached hydrogen (secondary N) is 1. The molecule has 0 aliphatic rings. The Hall–Kier alpha value is -1.28. The maximum Gasteiger partial charge on any atom is 0.126 e. The molecule has 1 unspecified atom stereocenters. The Bertz CT molecular complexity index is 349. The first-order valence-electron chi connectivity index (χ1n) is 7.77. The van der Waals surface area contributed by atoms with E-state index in [1.54, 1.807) is 0 Å². The van der Waals surface area contributed by atoms with Gasteiger partial charge in [0.15, 0.2) is 0 Å². The SMILES string of the molecule is C=Cc1ccccc1OCCC.CCCNC(C)CC. The Morgan fingerprint density at radius 1 is 1.20 bits per heavy atom. The van der Waals surface area contributed by atoms with Gasteiger partial charge in [-0.2, -0.15) is 0 Å². The van der Waals surface area contributed by atoms with Gasteiger partial charge in [-0.3, -0.25) is 0 Å². The van der Waals surface area contributed by atoms with Crippen LogP contribution in [0, 0.1) is 0 Å². The molecule has 0 fully saturated rings. The lowest BCUT2D eigenvalue weighted by atomic mass is 10.2. The zero-order chi connectivity index (χ0) is 15.2. The molecule has 0 aliphatic heterocycles. The van der Waals surface area contributed by atoms with Crippen LogP contribution in [-0.4, -0.2) is 19.2 Å². The molecule has 1 aromatic carbocycles. The summed E-state index contributed by atoms with van der Waals surface area (Å²) in [5, 5.41) is 3.38. The van der Waals surface area contributed by atoms with Crippen molar-refractivity contribution in [3.05, 3.63) is 36.4 Å². The van der Waals surface area contributed by atoms with Crippen LogP contribution >= 0.6 is 0 Å². The molecule has 1 atom stereocenters. The molecule has 0 amide bonds. The molecular formula is C18H31NO. The lowest BCUT2D eigenvalue weighted by Crippen LogP contribution is -2.25. The lowest BCUT2D eigenvalue weighted by Gasteiger charge is -2.08. The fourth-order valence-corrected chi connectivity index (χ4v) is 1.53. The van der Waals surface area contributed by atoms with E-state index < -0.39 is 0 Å². The van der Waals surface area contributed by atoms with Crippen LogP contribution in [-0.2, 0) is 0 Å². The number of hydrogen-bond donors (Lipinski definition) is 1. The van der Waals surface area contributed by atoms with Crippen molar-refractivity contribution in [2.24, 2.45) is 0 Å². The summed E-state index contributed by atoms with van der Waals surface area (Å²) in [5.74, 6) is 0.925. The van der Waals surface area contributed by atoms with Gasteiger partial charge in [-0.05, 0) is 38.8 Å². The van der Waals surface area contributed by atoms with Crippen LogP contribution in [0.2, 0.25) is 0 Å². The fraction of sp³-hybridized carbons (Fsp3) is 0.556. The second-order valence-corrected chi connectivity index (χ2v) is 4.85. The van der Waals surface area contributed by atoms with Crippen molar-refractivity contribution in [3.63, 3.8) is 0 Å². The minimum Gasteiger partial charge on any atom is -0.493 e. The average molecular weight is 277 g/mol. The van der Waals surface area contributed by atoms with Crippen LogP contribution in [0.5, 0.6) is 5.75 Å². The van der Waals surface area contributed by atoms with Crippen LogP contribution in [0.25, 0.3) is 6.08 Å². The standard InChI is InChI=1S/C11H14O.C7H17N/c1-3-9-12-11-8-6-5-7-10(11)4-2;1-4-6-8-7(3)5-2/h4-8H,2-3,9H2,1H3;7-8H,4-6H2,1-3H3. The molecule has 20 heavy (non-hydrogen) atoms. The predicted molar refractivity (Wildman–Crippen MR) is 90.4 cm³/mol. The Morgan fingerprint density at radius 3 is 2.45 bits per heavy atom. The predicted octanol–water partition coefficient (Wildman–Crippen LogP) is 4.90. The second kappa shape index (κ2) is 12.7. The zero-order valence-electron chi connectivity index (χ0n) is 13.6. The molecular weight excluding hydrogens is 246 g/mol. The van der Waals surface area contributed by atoms with E-state index in [1.165, 1.54) is 12.8 Å². The molecule has 0 spiro atoms. The summed E-state index contributed by atoms with van der Waals surface area (Å²) in [6, 6.07) is 8.62. The van der Waals surface area contributed by atoms with Crippen LogP contribution in [0.15, 0.2) is 30.8 Å². The Morgan fingerprint density at radius 2 is 1.90 bits per heavy atom. The van der Waals surface area contributed by atoms with Crippen molar-refractivity contribution in [1.29, 1.82) is 0 Å². The largest absolute Gasteiger partial charge is 0.493 e. The van der Waals surface area contributed by atoms with Crippen molar-refractivity contribution in [2.75, 3.05) is 13.2 Å². The normalized spacial score (nSPS) is 11.2. The quantitative estimate of drug-likeness (QED) is 0.729. The molecule has 0 saturated heterocycles. The third-order valence-electron chi connectivity index (χ3n) is 2.96. The third-order valence-corrected chi connectivity index (χ3v) is 2.96. The summed E-state index contributed by atoms with van der Waals surface area (Å²) in [5.41, 5.74) is 1.06. The first-order valence-corrected chi connectivity index (χ1v) is 7.77. The molecule has 0 aliphatic carbocycles. The van der Waals surface area contributed by atoms with Crippen LogP contribution in [0.3, 0.4) is 0 Å². The van der Waals surface area contributed by atoms with E-state index in [-0.39, 0.29) is 0 Å². The molecule has 2 heteroatoms. The van der Waals surface area contributed by atoms with E-state index in [4.69, 9.17) is 4.74 Å². The third kappa shape index (κ3) is 8.76. The molecule has 114 valence electrons. The van der Waals surface area contributed by atoms with Gasteiger partial charge in [-0.15, -0.1) is 0 Å². The van der Waals surface area contributed by atoms with Gasteiger partial charge in [0.1, 0.15) is 5.75 Å². The molecule has 0 radical (unpaired) electrons. The Labute approximate surface area is 125 Å². The highest BCUT2D eigenvalue weighted by Crippen LogP contribution is 2.18. The van der Waals surface area contributed by atoms with E-state index in [0.29, 0.717) is 6.04 Å². The van der Waals surface area contributed by atoms with Gasteiger partial charge in [0, 0.05) is 11.6 Å². The van der Waals surface area contributed by atoms with Crippen molar-refractivity contribution in [3.8, 4) is 5.75 Å². The monoisotopic (exact) mass is 277 g/mol. The summed E-state index contributed by atoms with van der Waals surface area (Å²) in [7, 11) is 0. The van der Waals surface area contributed by atoms with Crippen molar-refractivity contribution in [2.45, 2.75) is 53.0 Å². The first-order chi connectivity index (χ1) is 9.69. The van der Waals surface area contributed by atoms with Crippen LogP contribution in [0.1, 0.15) is 52.5 Å². The molecule has 2 nitrogen and oxygen atoms in total. The van der Waals surface area contributed by atoms with Crippen LogP contribution in [0.4, 0.5) is 0 Å². The van der Waals surface area contributed by atoms with E-state index in [9.17, 15) is 0 Å². The number of benzene rings is 1. The molecule has 0 bridgehead atoms. The summed E-state index contributed by atoms with van der Waals surface area (Å²) in [6.45, 7) is 14.4. The summed E-state index contributed by atoms with van der Waals surface area (Å²) in [4.78, 5) is 0. The van der Waals surface area contributed by atoms with E-state index in [1.807, 2.05) is 30.3 Å². The number of hydrogen-bond acceptors (Lipinski definition) is 2. The fourth-order valence-electron chi connectivity index (χ4n) is 1.53. The minimum absolute atomic E-state index is 0.704. The highest BCUT2D eigenvalue weighted by molar-refractivity contribution is 5.55. The van der Waals surface area contributed by atoms with Gasteiger partial charge in [-0.1, -0.05) is 51.6 Å². The van der Waals surface area contributed by atoms with Crippen molar-refractivity contribution in [1.82, 2.24) is 5.32 Å². The minimum atomic E-state index is 0.704. The highest BCUT2D eigenvalue weighted by atomic mass is 16.5. The highest BCUT2D eigenvalue weighted by Gasteiger charge is 1.96. The van der Waals surface area contributed by atoms with Gasteiger partial charge < -0.3 is 10.1 Å². The maximum absolute atomic E-state index is 5.51. The van der Waals surface area contributed by atoms with Crippen molar-refractivity contribution >= 4 is 6.08 Å². The second-order valence-electron chi connectivity index (χ2n) is 4.85.